The van der Waals surface area contributed by atoms with Crippen molar-refractivity contribution in [3.63, 3.8) is 0 Å². The Morgan fingerprint density at radius 2 is 2.16 bits per heavy atom. The maximum atomic E-state index is 11.0. The zero-order valence-corrected chi connectivity index (χ0v) is 11.6. The number of amides is 1. The van der Waals surface area contributed by atoms with Crippen molar-refractivity contribution in [2.24, 2.45) is 0 Å². The first kappa shape index (κ1) is 15.6. The lowest BCUT2D eigenvalue weighted by molar-refractivity contribution is -0.114. The Bertz CT molecular complexity index is 432. The first-order valence-corrected chi connectivity index (χ1v) is 6.28. The molecule has 4 N–H and O–H groups in total. The Hall–Kier alpha value is -1.43. The van der Waals surface area contributed by atoms with Crippen LogP contribution >= 0.6 is 0 Å². The van der Waals surface area contributed by atoms with Crippen LogP contribution in [0.3, 0.4) is 0 Å². The second-order valence-electron chi connectivity index (χ2n) is 5.06. The lowest BCUT2D eigenvalue weighted by Gasteiger charge is -2.24. The number of nitrogens with one attached hydrogen (secondary N) is 2. The van der Waals surface area contributed by atoms with E-state index >= 15 is 0 Å². The molecule has 1 aromatic rings. The van der Waals surface area contributed by atoms with Gasteiger partial charge in [-0.05, 0) is 31.5 Å². The molecule has 1 aromatic carbocycles. The number of carbonyl (C=O) groups is 1. The normalized spacial score (nSPS) is 15.6. The highest BCUT2D eigenvalue weighted by atomic mass is 16.3. The van der Waals surface area contributed by atoms with Crippen LogP contribution in [0.25, 0.3) is 0 Å². The number of hydrogen-bond acceptors (Lipinski definition) is 4. The van der Waals surface area contributed by atoms with E-state index in [2.05, 4.69) is 10.6 Å². The van der Waals surface area contributed by atoms with Gasteiger partial charge in [0.2, 0.25) is 5.91 Å². The molecule has 0 fully saturated rings. The minimum absolute atomic E-state index is 0.00623. The van der Waals surface area contributed by atoms with Crippen molar-refractivity contribution >= 4 is 11.6 Å². The topological polar surface area (TPSA) is 81.6 Å². The van der Waals surface area contributed by atoms with Gasteiger partial charge in [0.05, 0.1) is 12.2 Å². The molecule has 1 amide bonds. The summed E-state index contributed by atoms with van der Waals surface area (Å²) in [6, 6.07) is 7.51. The standard InChI is InChI=1S/C14H22N2O3/c1-10(15-8-14(3,19)9-17)12-5-4-6-13(7-12)16-11(2)18/h4-7,10,15,17,19H,8-9H2,1-3H3,(H,16,18). The average Bonchev–Trinajstić information content (AvgIpc) is 2.35. The molecule has 0 bridgehead atoms. The van der Waals surface area contributed by atoms with E-state index in [-0.39, 0.29) is 25.1 Å². The lowest BCUT2D eigenvalue weighted by Crippen LogP contribution is -2.41. The van der Waals surface area contributed by atoms with Gasteiger partial charge in [-0.25, -0.2) is 0 Å². The first-order chi connectivity index (χ1) is 8.84. The summed E-state index contributed by atoms with van der Waals surface area (Å²) >= 11 is 0. The van der Waals surface area contributed by atoms with Crippen LogP contribution in [0.2, 0.25) is 0 Å². The SMILES string of the molecule is CC(=O)Nc1cccc(C(C)NCC(C)(O)CO)c1. The molecule has 5 heteroatoms. The summed E-state index contributed by atoms with van der Waals surface area (Å²) in [4.78, 5) is 11.0. The molecule has 19 heavy (non-hydrogen) atoms. The minimum atomic E-state index is -1.14. The summed E-state index contributed by atoms with van der Waals surface area (Å²) in [5, 5.41) is 24.6. The van der Waals surface area contributed by atoms with Gasteiger partial charge in [0.1, 0.15) is 0 Å². The minimum Gasteiger partial charge on any atom is -0.393 e. The molecule has 0 aliphatic heterocycles. The highest BCUT2D eigenvalue weighted by Gasteiger charge is 2.19. The fraction of sp³-hybridized carbons (Fsp3) is 0.500. The van der Waals surface area contributed by atoms with Gasteiger partial charge in [0, 0.05) is 25.2 Å². The van der Waals surface area contributed by atoms with Gasteiger partial charge >= 0.3 is 0 Å². The van der Waals surface area contributed by atoms with E-state index in [1.165, 1.54) is 6.92 Å². The van der Waals surface area contributed by atoms with Crippen LogP contribution in [0, 0.1) is 0 Å². The highest BCUT2D eigenvalue weighted by Crippen LogP contribution is 2.18. The van der Waals surface area contributed by atoms with Crippen molar-refractivity contribution in [2.45, 2.75) is 32.4 Å². The third kappa shape index (κ3) is 5.38. The number of carbonyl (C=O) groups excluding carboxylic acids is 1. The van der Waals surface area contributed by atoms with Gasteiger partial charge < -0.3 is 20.8 Å². The molecule has 0 aliphatic rings. The molecule has 0 aromatic heterocycles. The van der Waals surface area contributed by atoms with Crippen LogP contribution in [0.4, 0.5) is 5.69 Å². The molecule has 2 unspecified atom stereocenters. The second-order valence-corrected chi connectivity index (χ2v) is 5.06. The average molecular weight is 266 g/mol. The smallest absolute Gasteiger partial charge is 0.221 e. The van der Waals surface area contributed by atoms with E-state index in [4.69, 9.17) is 5.11 Å². The third-order valence-electron chi connectivity index (χ3n) is 2.84. The van der Waals surface area contributed by atoms with Crippen molar-refractivity contribution in [1.82, 2.24) is 5.32 Å². The van der Waals surface area contributed by atoms with E-state index < -0.39 is 5.60 Å². The summed E-state index contributed by atoms with van der Waals surface area (Å²) in [6.45, 7) is 4.99. The van der Waals surface area contributed by atoms with Crippen molar-refractivity contribution in [3.8, 4) is 0 Å². The first-order valence-electron chi connectivity index (χ1n) is 6.28. The van der Waals surface area contributed by atoms with Gasteiger partial charge in [-0.15, -0.1) is 0 Å². The summed E-state index contributed by atoms with van der Waals surface area (Å²) in [5.74, 6) is -0.110. The Morgan fingerprint density at radius 3 is 2.74 bits per heavy atom. The molecule has 5 nitrogen and oxygen atoms in total. The van der Waals surface area contributed by atoms with Crippen molar-refractivity contribution < 1.29 is 15.0 Å². The van der Waals surface area contributed by atoms with E-state index in [0.29, 0.717) is 0 Å². The van der Waals surface area contributed by atoms with Crippen LogP contribution in [0.1, 0.15) is 32.4 Å². The van der Waals surface area contributed by atoms with Gasteiger partial charge in [-0.2, -0.15) is 0 Å². The van der Waals surface area contributed by atoms with Crippen molar-refractivity contribution in [1.29, 1.82) is 0 Å². The molecular weight excluding hydrogens is 244 g/mol. The second kappa shape index (κ2) is 6.65. The summed E-state index contributed by atoms with van der Waals surface area (Å²) in [6.07, 6.45) is 0. The number of aliphatic hydroxyl groups is 2. The zero-order chi connectivity index (χ0) is 14.5. The quantitative estimate of drug-likeness (QED) is 0.620. The van der Waals surface area contributed by atoms with Crippen LogP contribution in [0.15, 0.2) is 24.3 Å². The molecule has 2 atom stereocenters. The number of hydrogen-bond donors (Lipinski definition) is 4. The molecule has 1 rings (SSSR count). The third-order valence-corrected chi connectivity index (χ3v) is 2.84. The molecule has 0 aliphatic carbocycles. The van der Waals surface area contributed by atoms with Crippen LogP contribution in [0.5, 0.6) is 0 Å². The molecule has 0 heterocycles. The Labute approximate surface area is 113 Å². The highest BCUT2D eigenvalue weighted by molar-refractivity contribution is 5.88. The van der Waals surface area contributed by atoms with Crippen LogP contribution in [-0.4, -0.2) is 34.9 Å². The predicted molar refractivity (Wildman–Crippen MR) is 74.9 cm³/mol. The summed E-state index contributed by atoms with van der Waals surface area (Å²) < 4.78 is 0. The lowest BCUT2D eigenvalue weighted by atomic mass is 10.0. The zero-order valence-electron chi connectivity index (χ0n) is 11.6. The van der Waals surface area contributed by atoms with Crippen molar-refractivity contribution in [2.75, 3.05) is 18.5 Å². The predicted octanol–water partition coefficient (Wildman–Crippen LogP) is 1.04. The van der Waals surface area contributed by atoms with E-state index in [1.807, 2.05) is 31.2 Å². The van der Waals surface area contributed by atoms with Gasteiger partial charge in [-0.3, -0.25) is 4.79 Å². The monoisotopic (exact) mass is 266 g/mol. The van der Waals surface area contributed by atoms with Crippen LogP contribution < -0.4 is 10.6 Å². The molecule has 106 valence electrons. The molecule has 0 saturated carbocycles. The molecule has 0 saturated heterocycles. The molecule has 0 radical (unpaired) electrons. The van der Waals surface area contributed by atoms with Crippen molar-refractivity contribution in [3.05, 3.63) is 29.8 Å². The van der Waals surface area contributed by atoms with Gasteiger partial charge in [0.15, 0.2) is 0 Å². The fourth-order valence-electron chi connectivity index (χ4n) is 1.64. The Kier molecular flexibility index (Phi) is 5.47. The summed E-state index contributed by atoms with van der Waals surface area (Å²) in [7, 11) is 0. The number of benzene rings is 1. The van der Waals surface area contributed by atoms with E-state index in [0.717, 1.165) is 11.3 Å². The van der Waals surface area contributed by atoms with E-state index in [9.17, 15) is 9.90 Å². The largest absolute Gasteiger partial charge is 0.393 e. The maximum absolute atomic E-state index is 11.0. The summed E-state index contributed by atoms with van der Waals surface area (Å²) in [5.41, 5.74) is 0.608. The van der Waals surface area contributed by atoms with Crippen LogP contribution in [-0.2, 0) is 4.79 Å². The molecular formula is C14H22N2O3. The Balaban J connectivity index is 2.66. The number of rotatable bonds is 6. The fourth-order valence-corrected chi connectivity index (χ4v) is 1.64. The van der Waals surface area contributed by atoms with Gasteiger partial charge in [0.25, 0.3) is 0 Å². The number of anilines is 1. The number of aliphatic hydroxyl groups excluding tert-OH is 1. The Morgan fingerprint density at radius 1 is 1.47 bits per heavy atom. The van der Waals surface area contributed by atoms with E-state index in [1.54, 1.807) is 6.92 Å². The van der Waals surface area contributed by atoms with Gasteiger partial charge in [-0.1, -0.05) is 12.1 Å². The molecule has 0 spiro atoms. The maximum Gasteiger partial charge on any atom is 0.221 e.